The largest absolute Gasteiger partial charge is 0.507 e. The number of morpholine rings is 1. The van der Waals surface area contributed by atoms with Gasteiger partial charge in [0.25, 0.3) is 0 Å². The number of benzene rings is 2. The van der Waals surface area contributed by atoms with Gasteiger partial charge in [-0.05, 0) is 43.3 Å². The van der Waals surface area contributed by atoms with Crippen LogP contribution in [0.4, 0.5) is 0 Å². The van der Waals surface area contributed by atoms with Gasteiger partial charge >= 0.3 is 5.97 Å². The van der Waals surface area contributed by atoms with Crippen LogP contribution in [0.2, 0.25) is 0 Å². The van der Waals surface area contributed by atoms with E-state index in [1.165, 1.54) is 19.2 Å². The molecular formula is C23H23NO7. The van der Waals surface area contributed by atoms with E-state index in [-0.39, 0.29) is 16.9 Å². The normalized spacial score (nSPS) is 14.5. The average molecular weight is 425 g/mol. The third-order valence-corrected chi connectivity index (χ3v) is 5.24. The number of ether oxygens (including phenoxy) is 3. The van der Waals surface area contributed by atoms with Gasteiger partial charge in [-0.15, -0.1) is 0 Å². The zero-order valence-electron chi connectivity index (χ0n) is 17.3. The van der Waals surface area contributed by atoms with Crippen molar-refractivity contribution in [3.63, 3.8) is 0 Å². The Balaban J connectivity index is 1.69. The Kier molecular flexibility index (Phi) is 5.92. The van der Waals surface area contributed by atoms with E-state index in [9.17, 15) is 14.7 Å². The lowest BCUT2D eigenvalue weighted by atomic mass is 10.1. The molecule has 4 rings (SSSR count). The molecule has 2 aromatic carbocycles. The molecule has 2 heterocycles. The van der Waals surface area contributed by atoms with E-state index in [1.807, 2.05) is 0 Å². The Morgan fingerprint density at radius 2 is 1.84 bits per heavy atom. The van der Waals surface area contributed by atoms with Crippen molar-refractivity contribution < 1.29 is 28.5 Å². The predicted molar refractivity (Wildman–Crippen MR) is 113 cm³/mol. The van der Waals surface area contributed by atoms with Crippen LogP contribution in [0.1, 0.15) is 21.7 Å². The van der Waals surface area contributed by atoms with Crippen LogP contribution in [0.15, 0.2) is 45.6 Å². The standard InChI is InChI=1S/C23H23NO7/c1-14-21(31-16-5-3-15(4-6-16)23(27)28-2)20(26)17-7-8-19(25)18(22(17)30-14)13-24-9-11-29-12-10-24/h3-8,25H,9-13H2,1-2H3. The average Bonchev–Trinajstić information content (AvgIpc) is 2.79. The fraction of sp³-hybridized carbons (Fsp3) is 0.304. The number of carbonyl (C=O) groups is 1. The molecule has 0 atom stereocenters. The number of hydrogen-bond acceptors (Lipinski definition) is 8. The van der Waals surface area contributed by atoms with Crippen molar-refractivity contribution in [2.75, 3.05) is 33.4 Å². The lowest BCUT2D eigenvalue weighted by Gasteiger charge is -2.27. The molecule has 0 radical (unpaired) electrons. The Bertz CT molecular complexity index is 1160. The van der Waals surface area contributed by atoms with Crippen molar-refractivity contribution in [1.29, 1.82) is 0 Å². The van der Waals surface area contributed by atoms with Crippen molar-refractivity contribution in [3.05, 3.63) is 63.5 Å². The van der Waals surface area contributed by atoms with Crippen molar-refractivity contribution in [3.8, 4) is 17.2 Å². The lowest BCUT2D eigenvalue weighted by Crippen LogP contribution is -2.35. The first-order chi connectivity index (χ1) is 15.0. The number of aryl methyl sites for hydroxylation is 1. The summed E-state index contributed by atoms with van der Waals surface area (Å²) in [7, 11) is 1.31. The molecule has 0 spiro atoms. The number of methoxy groups -OCH3 is 1. The molecule has 3 aromatic rings. The van der Waals surface area contributed by atoms with Crippen LogP contribution >= 0.6 is 0 Å². The highest BCUT2D eigenvalue weighted by molar-refractivity contribution is 5.89. The molecule has 8 heteroatoms. The molecule has 1 fully saturated rings. The van der Waals surface area contributed by atoms with Crippen LogP contribution in [0, 0.1) is 6.92 Å². The number of nitrogens with zero attached hydrogens (tertiary/aromatic N) is 1. The second-order valence-electron chi connectivity index (χ2n) is 7.26. The van der Waals surface area contributed by atoms with Gasteiger partial charge < -0.3 is 23.7 Å². The molecule has 1 saturated heterocycles. The zero-order chi connectivity index (χ0) is 22.0. The van der Waals surface area contributed by atoms with E-state index in [4.69, 9.17) is 13.9 Å². The van der Waals surface area contributed by atoms with Crippen LogP contribution in [-0.2, 0) is 16.0 Å². The highest BCUT2D eigenvalue weighted by Crippen LogP contribution is 2.32. The summed E-state index contributed by atoms with van der Waals surface area (Å²) in [5.41, 5.74) is 0.954. The van der Waals surface area contributed by atoms with E-state index in [1.54, 1.807) is 31.2 Å². The maximum atomic E-state index is 13.2. The molecule has 0 amide bonds. The Morgan fingerprint density at radius 1 is 1.13 bits per heavy atom. The van der Waals surface area contributed by atoms with Gasteiger partial charge in [0.2, 0.25) is 11.2 Å². The minimum atomic E-state index is -0.458. The third-order valence-electron chi connectivity index (χ3n) is 5.24. The second kappa shape index (κ2) is 8.79. The van der Waals surface area contributed by atoms with E-state index in [0.717, 1.165) is 13.1 Å². The minimum absolute atomic E-state index is 0.0568. The summed E-state index contributed by atoms with van der Waals surface area (Å²) < 4.78 is 21.8. The molecule has 1 N–H and O–H groups in total. The molecule has 1 aliphatic heterocycles. The number of rotatable bonds is 5. The van der Waals surface area contributed by atoms with Crippen molar-refractivity contribution >= 4 is 16.9 Å². The van der Waals surface area contributed by atoms with E-state index >= 15 is 0 Å². The van der Waals surface area contributed by atoms with Crippen LogP contribution in [-0.4, -0.2) is 49.4 Å². The van der Waals surface area contributed by atoms with Gasteiger partial charge in [-0.2, -0.15) is 0 Å². The molecule has 1 aliphatic rings. The molecule has 31 heavy (non-hydrogen) atoms. The molecule has 162 valence electrons. The number of fused-ring (bicyclic) bond motifs is 1. The van der Waals surface area contributed by atoms with Gasteiger partial charge in [0.05, 0.1) is 36.8 Å². The molecular weight excluding hydrogens is 402 g/mol. The van der Waals surface area contributed by atoms with Gasteiger partial charge in [-0.3, -0.25) is 9.69 Å². The molecule has 0 unspecified atom stereocenters. The smallest absolute Gasteiger partial charge is 0.337 e. The fourth-order valence-corrected chi connectivity index (χ4v) is 3.54. The summed E-state index contributed by atoms with van der Waals surface area (Å²) in [4.78, 5) is 26.9. The highest BCUT2D eigenvalue weighted by atomic mass is 16.5. The quantitative estimate of drug-likeness (QED) is 0.622. The fourth-order valence-electron chi connectivity index (χ4n) is 3.54. The number of phenols is 1. The van der Waals surface area contributed by atoms with Gasteiger partial charge in [-0.1, -0.05) is 0 Å². The first kappa shape index (κ1) is 20.9. The molecule has 0 saturated carbocycles. The van der Waals surface area contributed by atoms with Gasteiger partial charge in [0.15, 0.2) is 0 Å². The van der Waals surface area contributed by atoms with Crippen LogP contribution in [0.25, 0.3) is 11.0 Å². The SMILES string of the molecule is COC(=O)c1ccc(Oc2c(C)oc3c(CN4CCOCC4)c(O)ccc3c2=O)cc1. The van der Waals surface area contributed by atoms with Crippen molar-refractivity contribution in [2.24, 2.45) is 0 Å². The number of aromatic hydroxyl groups is 1. The van der Waals surface area contributed by atoms with Crippen LogP contribution < -0.4 is 10.2 Å². The number of hydrogen-bond donors (Lipinski definition) is 1. The summed E-state index contributed by atoms with van der Waals surface area (Å²) in [6.07, 6.45) is 0. The molecule has 1 aromatic heterocycles. The molecule has 0 bridgehead atoms. The van der Waals surface area contributed by atoms with E-state index in [0.29, 0.717) is 53.4 Å². The van der Waals surface area contributed by atoms with Crippen LogP contribution in [0.3, 0.4) is 0 Å². The second-order valence-corrected chi connectivity index (χ2v) is 7.26. The maximum Gasteiger partial charge on any atom is 0.337 e. The first-order valence-electron chi connectivity index (χ1n) is 9.92. The minimum Gasteiger partial charge on any atom is -0.507 e. The van der Waals surface area contributed by atoms with Crippen LogP contribution in [0.5, 0.6) is 17.2 Å². The predicted octanol–water partition coefficient (Wildman–Crippen LogP) is 3.22. The summed E-state index contributed by atoms with van der Waals surface area (Å²) in [5, 5.41) is 10.8. The lowest BCUT2D eigenvalue weighted by molar-refractivity contribution is 0.0339. The van der Waals surface area contributed by atoms with Crippen molar-refractivity contribution in [2.45, 2.75) is 13.5 Å². The van der Waals surface area contributed by atoms with E-state index < -0.39 is 5.97 Å². The summed E-state index contributed by atoms with van der Waals surface area (Å²) in [6, 6.07) is 9.30. The van der Waals surface area contributed by atoms with Gasteiger partial charge in [0, 0.05) is 19.6 Å². The zero-order valence-corrected chi connectivity index (χ0v) is 17.3. The molecule has 8 nitrogen and oxygen atoms in total. The number of esters is 1. The summed E-state index contributed by atoms with van der Waals surface area (Å²) in [5.74, 6) is 0.355. The Morgan fingerprint density at radius 3 is 2.52 bits per heavy atom. The number of carbonyl (C=O) groups excluding carboxylic acids is 1. The Hall–Kier alpha value is -3.36. The first-order valence-corrected chi connectivity index (χ1v) is 9.92. The summed E-state index contributed by atoms with van der Waals surface area (Å²) >= 11 is 0. The third kappa shape index (κ3) is 4.26. The summed E-state index contributed by atoms with van der Waals surface area (Å²) in [6.45, 7) is 4.82. The highest BCUT2D eigenvalue weighted by Gasteiger charge is 2.21. The van der Waals surface area contributed by atoms with E-state index in [2.05, 4.69) is 9.64 Å². The Labute approximate surface area is 178 Å². The monoisotopic (exact) mass is 425 g/mol. The van der Waals surface area contributed by atoms with Gasteiger partial charge in [0.1, 0.15) is 22.8 Å². The topological polar surface area (TPSA) is 98.4 Å². The van der Waals surface area contributed by atoms with Crippen molar-refractivity contribution in [1.82, 2.24) is 4.90 Å². The molecule has 0 aliphatic carbocycles. The van der Waals surface area contributed by atoms with Gasteiger partial charge in [-0.25, -0.2) is 4.79 Å². The maximum absolute atomic E-state index is 13.2. The number of phenolic OH excluding ortho intramolecular Hbond substituents is 1.